The second kappa shape index (κ2) is 9.91. The summed E-state index contributed by atoms with van der Waals surface area (Å²) in [5, 5.41) is 2.89. The van der Waals surface area contributed by atoms with E-state index in [0.717, 1.165) is 45.2 Å². The molecule has 7 nitrogen and oxygen atoms in total. The summed E-state index contributed by atoms with van der Waals surface area (Å²) in [6, 6.07) is 4.75. The van der Waals surface area contributed by atoms with Gasteiger partial charge >= 0.3 is 0 Å². The maximum Gasteiger partial charge on any atom is 0.243 e. The van der Waals surface area contributed by atoms with Crippen LogP contribution in [0.3, 0.4) is 0 Å². The molecule has 1 N–H and O–H groups in total. The number of anilines is 1. The van der Waals surface area contributed by atoms with Crippen LogP contribution in [0.2, 0.25) is 0 Å². The van der Waals surface area contributed by atoms with Gasteiger partial charge in [-0.05, 0) is 70.8 Å². The minimum Gasteiger partial charge on any atom is -0.489 e. The van der Waals surface area contributed by atoms with E-state index in [9.17, 15) is 13.2 Å². The van der Waals surface area contributed by atoms with Crippen molar-refractivity contribution in [1.29, 1.82) is 0 Å². The monoisotopic (exact) mass is 423 g/mol. The number of nitrogens with zero attached hydrogens (tertiary/aromatic N) is 2. The molecular formula is C21H33N3O4S. The van der Waals surface area contributed by atoms with Crippen molar-refractivity contribution in [1.82, 2.24) is 9.21 Å². The van der Waals surface area contributed by atoms with E-state index < -0.39 is 10.0 Å². The second-order valence-electron chi connectivity index (χ2n) is 8.17. The molecule has 2 aliphatic rings. The predicted octanol–water partition coefficient (Wildman–Crippen LogP) is 3.07. The molecule has 1 amide bonds. The van der Waals surface area contributed by atoms with Gasteiger partial charge in [-0.15, -0.1) is 0 Å². The van der Waals surface area contributed by atoms with Crippen LogP contribution in [0.4, 0.5) is 5.69 Å². The number of ether oxygens (including phenoxy) is 1. The first-order chi connectivity index (χ1) is 13.9. The number of rotatable bonds is 7. The van der Waals surface area contributed by atoms with Crippen LogP contribution in [0.1, 0.15) is 52.4 Å². The van der Waals surface area contributed by atoms with Crippen molar-refractivity contribution in [2.45, 2.75) is 63.4 Å². The minimum absolute atomic E-state index is 0.0858. The summed E-state index contributed by atoms with van der Waals surface area (Å²) in [5.41, 5.74) is 0.416. The molecule has 29 heavy (non-hydrogen) atoms. The Morgan fingerprint density at radius 2 is 1.66 bits per heavy atom. The smallest absolute Gasteiger partial charge is 0.243 e. The van der Waals surface area contributed by atoms with Crippen molar-refractivity contribution in [3.05, 3.63) is 18.2 Å². The molecule has 0 aliphatic carbocycles. The number of likely N-dealkylation sites (tertiary alicyclic amines) is 1. The first-order valence-electron chi connectivity index (χ1n) is 10.7. The normalized spacial score (nSPS) is 19.3. The van der Waals surface area contributed by atoms with E-state index in [2.05, 4.69) is 10.2 Å². The standard InChI is InChI=1S/C21H33N3O4S/c1-17(2)28-20-10-9-18(29(26,27)24-13-7-4-8-14-24)15-19(20)22-21(25)16-23-11-5-3-6-12-23/h9-10,15,17H,3-8,11-14,16H2,1-2H3,(H,22,25). The van der Waals surface area contributed by atoms with Crippen molar-refractivity contribution in [2.24, 2.45) is 0 Å². The van der Waals surface area contributed by atoms with E-state index in [-0.39, 0.29) is 16.9 Å². The molecule has 0 saturated carbocycles. The highest BCUT2D eigenvalue weighted by atomic mass is 32.2. The molecule has 2 aliphatic heterocycles. The quantitative estimate of drug-likeness (QED) is 0.729. The van der Waals surface area contributed by atoms with Crippen LogP contribution in [-0.4, -0.2) is 62.4 Å². The predicted molar refractivity (Wildman–Crippen MR) is 114 cm³/mol. The van der Waals surface area contributed by atoms with Gasteiger partial charge in [-0.1, -0.05) is 12.8 Å². The largest absolute Gasteiger partial charge is 0.489 e. The van der Waals surface area contributed by atoms with Crippen LogP contribution < -0.4 is 10.1 Å². The van der Waals surface area contributed by atoms with Crippen molar-refractivity contribution in [2.75, 3.05) is 38.0 Å². The highest BCUT2D eigenvalue weighted by Gasteiger charge is 2.27. The highest BCUT2D eigenvalue weighted by molar-refractivity contribution is 7.89. The molecule has 0 aromatic heterocycles. The van der Waals surface area contributed by atoms with Gasteiger partial charge in [0.15, 0.2) is 0 Å². The average Bonchev–Trinajstić information content (AvgIpc) is 2.70. The number of benzene rings is 1. The topological polar surface area (TPSA) is 79.0 Å². The van der Waals surface area contributed by atoms with Gasteiger partial charge in [0.25, 0.3) is 0 Å². The molecule has 0 atom stereocenters. The zero-order chi connectivity index (χ0) is 20.9. The molecule has 8 heteroatoms. The van der Waals surface area contributed by atoms with Gasteiger partial charge in [-0.25, -0.2) is 8.42 Å². The number of carbonyl (C=O) groups is 1. The molecule has 0 radical (unpaired) electrons. The first-order valence-corrected chi connectivity index (χ1v) is 12.1. The fourth-order valence-electron chi connectivity index (χ4n) is 3.89. The lowest BCUT2D eigenvalue weighted by molar-refractivity contribution is -0.117. The van der Waals surface area contributed by atoms with Gasteiger partial charge in [-0.3, -0.25) is 9.69 Å². The third kappa shape index (κ3) is 5.93. The van der Waals surface area contributed by atoms with E-state index >= 15 is 0 Å². The fraction of sp³-hybridized carbons (Fsp3) is 0.667. The van der Waals surface area contributed by atoms with Crippen molar-refractivity contribution in [3.63, 3.8) is 0 Å². The number of hydrogen-bond donors (Lipinski definition) is 1. The Hall–Kier alpha value is -1.64. The van der Waals surface area contributed by atoms with Gasteiger partial charge in [0.05, 0.1) is 23.2 Å². The van der Waals surface area contributed by atoms with Crippen LogP contribution in [-0.2, 0) is 14.8 Å². The Kier molecular flexibility index (Phi) is 7.54. The fourth-order valence-corrected chi connectivity index (χ4v) is 5.43. The lowest BCUT2D eigenvalue weighted by Gasteiger charge is -2.27. The summed E-state index contributed by atoms with van der Waals surface area (Å²) in [4.78, 5) is 14.9. The van der Waals surface area contributed by atoms with E-state index in [4.69, 9.17) is 4.74 Å². The van der Waals surface area contributed by atoms with Gasteiger partial charge < -0.3 is 10.1 Å². The van der Waals surface area contributed by atoms with Crippen LogP contribution in [0.25, 0.3) is 0 Å². The number of piperidine rings is 2. The maximum atomic E-state index is 13.0. The molecule has 162 valence electrons. The van der Waals surface area contributed by atoms with E-state index in [1.54, 1.807) is 12.1 Å². The van der Waals surface area contributed by atoms with Crippen LogP contribution in [0.5, 0.6) is 5.75 Å². The molecule has 3 rings (SSSR count). The van der Waals surface area contributed by atoms with Gasteiger partial charge in [0, 0.05) is 13.1 Å². The lowest BCUT2D eigenvalue weighted by atomic mass is 10.1. The van der Waals surface area contributed by atoms with Crippen molar-refractivity contribution < 1.29 is 17.9 Å². The van der Waals surface area contributed by atoms with Crippen molar-refractivity contribution in [3.8, 4) is 5.75 Å². The van der Waals surface area contributed by atoms with Gasteiger partial charge in [0.2, 0.25) is 15.9 Å². The first kappa shape index (κ1) is 22.1. The second-order valence-corrected chi connectivity index (χ2v) is 10.1. The summed E-state index contributed by atoms with van der Waals surface area (Å²) < 4.78 is 33.4. The van der Waals surface area contributed by atoms with Gasteiger partial charge in [0.1, 0.15) is 5.75 Å². The maximum absolute atomic E-state index is 13.0. The zero-order valence-electron chi connectivity index (χ0n) is 17.5. The molecule has 1 aromatic carbocycles. The third-order valence-electron chi connectivity index (χ3n) is 5.36. The molecule has 2 saturated heterocycles. The van der Waals surface area contributed by atoms with Crippen LogP contribution in [0.15, 0.2) is 23.1 Å². The Bertz CT molecular complexity index is 798. The summed E-state index contributed by atoms with van der Waals surface area (Å²) in [5.74, 6) is 0.345. The van der Waals surface area contributed by atoms with Crippen molar-refractivity contribution >= 4 is 21.6 Å². The number of nitrogens with one attached hydrogen (secondary N) is 1. The highest BCUT2D eigenvalue weighted by Crippen LogP contribution is 2.31. The minimum atomic E-state index is -3.58. The molecule has 0 spiro atoms. The molecule has 2 fully saturated rings. The number of sulfonamides is 1. The molecule has 2 heterocycles. The Labute approximate surface area is 174 Å². The number of hydrogen-bond acceptors (Lipinski definition) is 5. The Balaban J connectivity index is 1.80. The molecule has 0 bridgehead atoms. The third-order valence-corrected chi connectivity index (χ3v) is 7.25. The van der Waals surface area contributed by atoms with Crippen LogP contribution >= 0.6 is 0 Å². The Morgan fingerprint density at radius 3 is 2.28 bits per heavy atom. The zero-order valence-corrected chi connectivity index (χ0v) is 18.3. The summed E-state index contributed by atoms with van der Waals surface area (Å²) in [7, 11) is -3.58. The van der Waals surface area contributed by atoms with Gasteiger partial charge in [-0.2, -0.15) is 4.31 Å². The lowest BCUT2D eigenvalue weighted by Crippen LogP contribution is -2.37. The average molecular weight is 424 g/mol. The number of amides is 1. The number of carbonyl (C=O) groups excluding carboxylic acids is 1. The summed E-state index contributed by atoms with van der Waals surface area (Å²) in [6.45, 7) is 7.05. The molecule has 1 aromatic rings. The van der Waals surface area contributed by atoms with E-state index in [1.165, 1.54) is 16.8 Å². The Morgan fingerprint density at radius 1 is 1.03 bits per heavy atom. The van der Waals surface area contributed by atoms with E-state index in [1.807, 2.05) is 13.8 Å². The van der Waals surface area contributed by atoms with E-state index in [0.29, 0.717) is 31.1 Å². The summed E-state index contributed by atoms with van der Waals surface area (Å²) >= 11 is 0. The molecular weight excluding hydrogens is 390 g/mol. The van der Waals surface area contributed by atoms with Crippen LogP contribution in [0, 0.1) is 0 Å². The SMILES string of the molecule is CC(C)Oc1ccc(S(=O)(=O)N2CCCCC2)cc1NC(=O)CN1CCCCC1. The molecule has 0 unspecified atom stereocenters. The summed E-state index contributed by atoms with van der Waals surface area (Å²) in [6.07, 6.45) is 6.17.